The lowest BCUT2D eigenvalue weighted by molar-refractivity contribution is -0.136. The summed E-state index contributed by atoms with van der Waals surface area (Å²) < 4.78 is 36.2. The van der Waals surface area contributed by atoms with Gasteiger partial charge in [0.25, 0.3) is 0 Å². The van der Waals surface area contributed by atoms with Crippen LogP contribution >= 0.6 is 34.2 Å². The van der Waals surface area contributed by atoms with Gasteiger partial charge in [-0.2, -0.15) is 8.42 Å². The fourth-order valence-electron chi connectivity index (χ4n) is 2.35. The quantitative estimate of drug-likeness (QED) is 0.249. The molecule has 0 saturated carbocycles. The fourth-order valence-corrected chi connectivity index (χ4v) is 4.32. The van der Waals surface area contributed by atoms with Crippen LogP contribution in [0.3, 0.4) is 0 Å². The summed E-state index contributed by atoms with van der Waals surface area (Å²) in [7, 11) is -2.70. The Morgan fingerprint density at radius 2 is 1.89 bits per heavy atom. The fraction of sp³-hybridized carbons (Fsp3) is 0.111. The SMILES string of the molecule is COc1cc(/C=C2\C(=O)ON=C2C)cc(I)c1OS(=O)(=O)c1ccc(Cl)cc1. The number of benzene rings is 2. The number of ether oxygens (including phenoxy) is 1. The monoisotopic (exact) mass is 533 g/mol. The van der Waals surface area contributed by atoms with E-state index in [1.165, 1.54) is 31.4 Å². The molecule has 0 atom stereocenters. The molecule has 28 heavy (non-hydrogen) atoms. The maximum atomic E-state index is 12.6. The standard InChI is InChI=1S/C18H13ClINO6S/c1-10-14(18(22)26-21-10)7-11-8-15(20)17(16(9-11)25-2)27-28(23,24)13-5-3-12(19)4-6-13/h3-9H,1-2H3/b14-7-. The average molecular weight is 534 g/mol. The second-order valence-electron chi connectivity index (χ2n) is 5.64. The maximum Gasteiger partial charge on any atom is 0.367 e. The van der Waals surface area contributed by atoms with Crippen LogP contribution in [0.15, 0.2) is 52.0 Å². The third-order valence-corrected chi connectivity index (χ3v) is 6.02. The number of hydrogen-bond acceptors (Lipinski definition) is 7. The minimum Gasteiger partial charge on any atom is -0.493 e. The highest BCUT2D eigenvalue weighted by Crippen LogP contribution is 2.37. The molecule has 0 spiro atoms. The Morgan fingerprint density at radius 3 is 2.46 bits per heavy atom. The summed E-state index contributed by atoms with van der Waals surface area (Å²) in [5.41, 5.74) is 1.35. The number of methoxy groups -OCH3 is 1. The van der Waals surface area contributed by atoms with E-state index in [0.29, 0.717) is 25.4 Å². The molecule has 0 amide bonds. The predicted octanol–water partition coefficient (Wildman–Crippen LogP) is 4.04. The van der Waals surface area contributed by atoms with Crippen molar-refractivity contribution in [3.8, 4) is 11.5 Å². The minimum atomic E-state index is -4.09. The Kier molecular flexibility index (Phi) is 5.96. The number of oxime groups is 1. The Labute approximate surface area is 180 Å². The van der Waals surface area contributed by atoms with Gasteiger partial charge in [0.1, 0.15) is 4.90 Å². The summed E-state index contributed by atoms with van der Waals surface area (Å²) in [6.45, 7) is 1.65. The molecule has 0 N–H and O–H groups in total. The van der Waals surface area contributed by atoms with Gasteiger partial charge in [0.2, 0.25) is 0 Å². The minimum absolute atomic E-state index is 0.0403. The van der Waals surface area contributed by atoms with E-state index < -0.39 is 16.1 Å². The Bertz CT molecular complexity index is 1110. The predicted molar refractivity (Wildman–Crippen MR) is 112 cm³/mol. The first-order valence-corrected chi connectivity index (χ1v) is 10.6. The molecule has 0 bridgehead atoms. The van der Waals surface area contributed by atoms with Gasteiger partial charge in [-0.3, -0.25) is 0 Å². The van der Waals surface area contributed by atoms with Crippen molar-refractivity contribution in [1.29, 1.82) is 0 Å². The molecule has 0 unspecified atom stereocenters. The van der Waals surface area contributed by atoms with Gasteiger partial charge in [-0.1, -0.05) is 16.8 Å². The normalized spacial score (nSPS) is 15.4. The van der Waals surface area contributed by atoms with Gasteiger partial charge in [0.05, 0.1) is 22.0 Å². The summed E-state index contributed by atoms with van der Waals surface area (Å²) in [6.07, 6.45) is 1.58. The summed E-state index contributed by atoms with van der Waals surface area (Å²) in [6, 6.07) is 8.83. The second kappa shape index (κ2) is 8.10. The maximum absolute atomic E-state index is 12.6. The molecule has 7 nitrogen and oxygen atoms in total. The highest BCUT2D eigenvalue weighted by Gasteiger charge is 2.24. The zero-order valence-electron chi connectivity index (χ0n) is 14.6. The van der Waals surface area contributed by atoms with Crippen molar-refractivity contribution >= 4 is 62.1 Å². The molecule has 2 aromatic rings. The van der Waals surface area contributed by atoms with Gasteiger partial charge in [-0.15, -0.1) is 0 Å². The van der Waals surface area contributed by atoms with Crippen LogP contribution in [0, 0.1) is 3.57 Å². The van der Waals surface area contributed by atoms with Gasteiger partial charge in [-0.05, 0) is 77.6 Å². The Morgan fingerprint density at radius 1 is 1.21 bits per heavy atom. The molecule has 10 heteroatoms. The summed E-state index contributed by atoms with van der Waals surface area (Å²) in [5.74, 6) is -0.325. The molecule has 0 saturated heterocycles. The summed E-state index contributed by atoms with van der Waals surface area (Å²) >= 11 is 7.73. The first-order valence-electron chi connectivity index (χ1n) is 7.77. The second-order valence-corrected chi connectivity index (χ2v) is 8.78. The molecule has 2 aromatic carbocycles. The van der Waals surface area contributed by atoms with E-state index in [0.717, 1.165) is 0 Å². The van der Waals surface area contributed by atoms with Gasteiger partial charge >= 0.3 is 16.1 Å². The zero-order chi connectivity index (χ0) is 20.5. The van der Waals surface area contributed by atoms with Crippen molar-refractivity contribution in [3.05, 3.63) is 56.1 Å². The lowest BCUT2D eigenvalue weighted by atomic mass is 10.1. The highest BCUT2D eigenvalue weighted by molar-refractivity contribution is 14.1. The number of rotatable bonds is 5. The van der Waals surface area contributed by atoms with Crippen LogP contribution < -0.4 is 8.92 Å². The summed E-state index contributed by atoms with van der Waals surface area (Å²) in [4.78, 5) is 16.3. The number of carbonyl (C=O) groups excluding carboxylic acids is 1. The van der Waals surface area contributed by atoms with Gasteiger partial charge < -0.3 is 13.8 Å². The van der Waals surface area contributed by atoms with E-state index in [1.54, 1.807) is 25.1 Å². The first-order chi connectivity index (χ1) is 13.2. The van der Waals surface area contributed by atoms with Crippen molar-refractivity contribution in [2.24, 2.45) is 5.16 Å². The van der Waals surface area contributed by atoms with Gasteiger partial charge in [0.15, 0.2) is 11.5 Å². The van der Waals surface area contributed by atoms with Crippen molar-refractivity contribution < 1.29 is 27.0 Å². The van der Waals surface area contributed by atoms with Gasteiger partial charge in [0, 0.05) is 5.02 Å². The van der Waals surface area contributed by atoms with E-state index in [9.17, 15) is 13.2 Å². The summed E-state index contributed by atoms with van der Waals surface area (Å²) in [5, 5.41) is 4.03. The number of nitrogens with zero attached hydrogens (tertiary/aromatic N) is 1. The smallest absolute Gasteiger partial charge is 0.367 e. The van der Waals surface area contributed by atoms with Crippen LogP contribution in [0.1, 0.15) is 12.5 Å². The van der Waals surface area contributed by atoms with E-state index in [4.69, 9.17) is 20.5 Å². The van der Waals surface area contributed by atoms with Crippen LogP contribution in [0.5, 0.6) is 11.5 Å². The van der Waals surface area contributed by atoms with Crippen molar-refractivity contribution in [2.75, 3.05) is 7.11 Å². The van der Waals surface area contributed by atoms with Crippen LogP contribution in [0.2, 0.25) is 5.02 Å². The van der Waals surface area contributed by atoms with Crippen LogP contribution in [-0.4, -0.2) is 27.2 Å². The third-order valence-electron chi connectivity index (χ3n) is 3.73. The average Bonchev–Trinajstić information content (AvgIpc) is 2.96. The van der Waals surface area contributed by atoms with Crippen molar-refractivity contribution in [2.45, 2.75) is 11.8 Å². The number of halogens is 2. The molecule has 0 fully saturated rings. The lowest BCUT2D eigenvalue weighted by Gasteiger charge is -2.13. The number of carbonyl (C=O) groups is 1. The molecule has 0 aromatic heterocycles. The van der Waals surface area contributed by atoms with Crippen molar-refractivity contribution in [3.63, 3.8) is 0 Å². The molecule has 146 valence electrons. The Balaban J connectivity index is 1.99. The molecule has 1 heterocycles. The van der Waals surface area contributed by atoms with Crippen LogP contribution in [0.4, 0.5) is 0 Å². The van der Waals surface area contributed by atoms with E-state index >= 15 is 0 Å². The molecule has 0 radical (unpaired) electrons. The van der Waals surface area contributed by atoms with Crippen LogP contribution in [-0.2, 0) is 19.8 Å². The zero-order valence-corrected chi connectivity index (χ0v) is 18.3. The topological polar surface area (TPSA) is 91.3 Å². The van der Waals surface area contributed by atoms with E-state index in [2.05, 4.69) is 9.99 Å². The van der Waals surface area contributed by atoms with E-state index in [1.807, 2.05) is 22.6 Å². The molecule has 0 aliphatic carbocycles. The number of hydrogen-bond donors (Lipinski definition) is 0. The lowest BCUT2D eigenvalue weighted by Crippen LogP contribution is -2.11. The molecule has 1 aliphatic rings. The molecular weight excluding hydrogens is 521 g/mol. The Hall–Kier alpha value is -2.11. The van der Waals surface area contributed by atoms with Crippen molar-refractivity contribution in [1.82, 2.24) is 0 Å². The highest BCUT2D eigenvalue weighted by atomic mass is 127. The third kappa shape index (κ3) is 4.31. The first kappa shape index (κ1) is 20.6. The van der Waals surface area contributed by atoms with Gasteiger partial charge in [-0.25, -0.2) is 4.79 Å². The van der Waals surface area contributed by atoms with E-state index in [-0.39, 0.29) is 16.4 Å². The molecule has 1 aliphatic heterocycles. The molecule has 3 rings (SSSR count). The largest absolute Gasteiger partial charge is 0.493 e. The molecular formula is C18H13ClINO6S. The van der Waals surface area contributed by atoms with Crippen LogP contribution in [0.25, 0.3) is 6.08 Å².